The molecule has 2 atom stereocenters. The van der Waals surface area contributed by atoms with Gasteiger partial charge in [0.1, 0.15) is 0 Å². The molecule has 1 aliphatic rings. The highest BCUT2D eigenvalue weighted by molar-refractivity contribution is 5.94. The van der Waals surface area contributed by atoms with Crippen molar-refractivity contribution in [2.75, 3.05) is 0 Å². The van der Waals surface area contributed by atoms with Crippen molar-refractivity contribution in [2.24, 2.45) is 11.3 Å². The Morgan fingerprint density at radius 1 is 1.19 bits per heavy atom. The molecule has 1 saturated carbocycles. The van der Waals surface area contributed by atoms with E-state index in [1.165, 1.54) is 12.1 Å². The summed E-state index contributed by atoms with van der Waals surface area (Å²) >= 11 is 0. The van der Waals surface area contributed by atoms with Crippen molar-refractivity contribution >= 4 is 5.91 Å². The van der Waals surface area contributed by atoms with Gasteiger partial charge in [0.25, 0.3) is 5.91 Å². The second kappa shape index (κ2) is 6.12. The molecule has 0 saturated heterocycles. The summed E-state index contributed by atoms with van der Waals surface area (Å²) in [4.78, 5) is 12.2. The van der Waals surface area contributed by atoms with Gasteiger partial charge in [-0.15, -0.1) is 0 Å². The van der Waals surface area contributed by atoms with Crippen LogP contribution in [0.5, 0.6) is 0 Å². The first-order valence-electron chi connectivity index (χ1n) is 7.55. The molecule has 0 spiro atoms. The lowest BCUT2D eigenvalue weighted by atomic mass is 9.69. The van der Waals surface area contributed by atoms with Crippen LogP contribution < -0.4 is 5.32 Å². The van der Waals surface area contributed by atoms with Gasteiger partial charge in [0.05, 0.1) is 5.56 Å². The SMILES string of the molecule is CC(C)(C)C1CCCCC1NC(=O)c1cccc(F)c1F. The van der Waals surface area contributed by atoms with Crippen LogP contribution in [0.2, 0.25) is 0 Å². The van der Waals surface area contributed by atoms with Gasteiger partial charge in [-0.25, -0.2) is 8.78 Å². The average molecular weight is 295 g/mol. The molecule has 1 aromatic carbocycles. The van der Waals surface area contributed by atoms with Gasteiger partial charge in [-0.2, -0.15) is 0 Å². The molecular formula is C17H23F2NO. The molecule has 0 heterocycles. The average Bonchev–Trinajstić information content (AvgIpc) is 2.41. The maximum atomic E-state index is 13.7. The molecule has 0 radical (unpaired) electrons. The third-order valence-corrected chi connectivity index (χ3v) is 4.39. The molecule has 2 rings (SSSR count). The number of hydrogen-bond acceptors (Lipinski definition) is 1. The predicted octanol–water partition coefficient (Wildman–Crippen LogP) is 4.30. The van der Waals surface area contributed by atoms with E-state index < -0.39 is 17.5 Å². The highest BCUT2D eigenvalue weighted by Gasteiger charge is 2.35. The van der Waals surface area contributed by atoms with Gasteiger partial charge in [-0.3, -0.25) is 4.79 Å². The lowest BCUT2D eigenvalue weighted by molar-refractivity contribution is 0.0825. The molecule has 21 heavy (non-hydrogen) atoms. The van der Waals surface area contributed by atoms with E-state index in [1.807, 2.05) is 0 Å². The van der Waals surface area contributed by atoms with Gasteiger partial charge < -0.3 is 5.32 Å². The van der Waals surface area contributed by atoms with E-state index in [0.29, 0.717) is 5.92 Å². The minimum Gasteiger partial charge on any atom is -0.349 e. The summed E-state index contributed by atoms with van der Waals surface area (Å²) < 4.78 is 26.9. The molecule has 116 valence electrons. The van der Waals surface area contributed by atoms with E-state index >= 15 is 0 Å². The zero-order chi connectivity index (χ0) is 15.6. The molecule has 2 unspecified atom stereocenters. The first kappa shape index (κ1) is 15.9. The zero-order valence-corrected chi connectivity index (χ0v) is 12.9. The Hall–Kier alpha value is -1.45. The summed E-state index contributed by atoms with van der Waals surface area (Å²) in [7, 11) is 0. The number of hydrogen-bond donors (Lipinski definition) is 1. The quantitative estimate of drug-likeness (QED) is 0.866. The van der Waals surface area contributed by atoms with Crippen LogP contribution in [-0.4, -0.2) is 11.9 Å². The van der Waals surface area contributed by atoms with Crippen LogP contribution in [0.3, 0.4) is 0 Å². The number of halogens is 2. The summed E-state index contributed by atoms with van der Waals surface area (Å²) in [6.07, 6.45) is 4.16. The van der Waals surface area contributed by atoms with Crippen molar-refractivity contribution in [3.8, 4) is 0 Å². The highest BCUT2D eigenvalue weighted by Crippen LogP contribution is 2.38. The Labute approximate surface area is 124 Å². The van der Waals surface area contributed by atoms with E-state index in [0.717, 1.165) is 31.7 Å². The minimum atomic E-state index is -1.07. The van der Waals surface area contributed by atoms with E-state index in [4.69, 9.17) is 0 Å². The second-order valence-electron chi connectivity index (χ2n) is 6.94. The van der Waals surface area contributed by atoms with Crippen molar-refractivity contribution in [3.05, 3.63) is 35.4 Å². The molecule has 0 aliphatic heterocycles. The van der Waals surface area contributed by atoms with Crippen LogP contribution in [0.15, 0.2) is 18.2 Å². The Morgan fingerprint density at radius 2 is 1.86 bits per heavy atom. The predicted molar refractivity (Wildman–Crippen MR) is 79.0 cm³/mol. The van der Waals surface area contributed by atoms with Crippen LogP contribution in [0, 0.1) is 23.0 Å². The summed E-state index contributed by atoms with van der Waals surface area (Å²) in [6, 6.07) is 3.72. The number of benzene rings is 1. The van der Waals surface area contributed by atoms with Gasteiger partial charge >= 0.3 is 0 Å². The second-order valence-corrected chi connectivity index (χ2v) is 6.94. The minimum absolute atomic E-state index is 0.0221. The van der Waals surface area contributed by atoms with Crippen LogP contribution in [0.1, 0.15) is 56.8 Å². The molecule has 1 amide bonds. The summed E-state index contributed by atoms with van der Waals surface area (Å²) in [5.74, 6) is -2.23. The summed E-state index contributed by atoms with van der Waals surface area (Å²) in [5, 5.41) is 2.91. The standard InChI is InChI=1S/C17H23F2NO/c1-17(2,3)12-8-4-5-10-14(12)20-16(21)11-7-6-9-13(18)15(11)19/h6-7,9,12,14H,4-5,8,10H2,1-3H3,(H,20,21). The Balaban J connectivity index is 2.15. The number of carbonyl (C=O) groups is 1. The summed E-state index contributed by atoms with van der Waals surface area (Å²) in [5.41, 5.74) is -0.132. The Kier molecular flexibility index (Phi) is 4.64. The van der Waals surface area contributed by atoms with Gasteiger partial charge in [-0.1, -0.05) is 39.7 Å². The normalized spacial score (nSPS) is 22.9. The maximum absolute atomic E-state index is 13.7. The number of amides is 1. The molecule has 4 heteroatoms. The van der Waals surface area contributed by atoms with E-state index in [2.05, 4.69) is 26.1 Å². The highest BCUT2D eigenvalue weighted by atomic mass is 19.2. The fourth-order valence-corrected chi connectivity index (χ4v) is 3.27. The zero-order valence-electron chi connectivity index (χ0n) is 12.9. The monoisotopic (exact) mass is 295 g/mol. The Morgan fingerprint density at radius 3 is 2.52 bits per heavy atom. The fourth-order valence-electron chi connectivity index (χ4n) is 3.27. The first-order chi connectivity index (χ1) is 9.80. The molecule has 0 bridgehead atoms. The van der Waals surface area contributed by atoms with Gasteiger partial charge in [0.2, 0.25) is 0 Å². The van der Waals surface area contributed by atoms with Crippen molar-refractivity contribution < 1.29 is 13.6 Å². The van der Waals surface area contributed by atoms with Gasteiger partial charge in [0, 0.05) is 6.04 Å². The fraction of sp³-hybridized carbons (Fsp3) is 0.588. The van der Waals surface area contributed by atoms with Crippen molar-refractivity contribution in [2.45, 2.75) is 52.5 Å². The lowest BCUT2D eigenvalue weighted by Crippen LogP contribution is -2.46. The van der Waals surface area contributed by atoms with Crippen LogP contribution in [-0.2, 0) is 0 Å². The Bertz CT molecular complexity index is 522. The molecule has 2 nitrogen and oxygen atoms in total. The van der Waals surface area contributed by atoms with Gasteiger partial charge in [0.15, 0.2) is 11.6 Å². The van der Waals surface area contributed by atoms with Crippen LogP contribution >= 0.6 is 0 Å². The molecule has 1 aromatic rings. The smallest absolute Gasteiger partial charge is 0.254 e. The lowest BCUT2D eigenvalue weighted by Gasteiger charge is -2.40. The number of nitrogens with one attached hydrogen (secondary N) is 1. The van der Waals surface area contributed by atoms with E-state index in [-0.39, 0.29) is 17.0 Å². The van der Waals surface area contributed by atoms with E-state index in [1.54, 1.807) is 0 Å². The number of rotatable bonds is 2. The van der Waals surface area contributed by atoms with Crippen molar-refractivity contribution in [3.63, 3.8) is 0 Å². The van der Waals surface area contributed by atoms with E-state index in [9.17, 15) is 13.6 Å². The van der Waals surface area contributed by atoms with Crippen molar-refractivity contribution in [1.29, 1.82) is 0 Å². The van der Waals surface area contributed by atoms with Crippen LogP contribution in [0.4, 0.5) is 8.78 Å². The molecule has 1 fully saturated rings. The van der Waals surface area contributed by atoms with Crippen molar-refractivity contribution in [1.82, 2.24) is 5.32 Å². The molecule has 1 aliphatic carbocycles. The maximum Gasteiger partial charge on any atom is 0.254 e. The summed E-state index contributed by atoms with van der Waals surface area (Å²) in [6.45, 7) is 6.47. The topological polar surface area (TPSA) is 29.1 Å². The molecule has 0 aromatic heterocycles. The third kappa shape index (κ3) is 3.60. The molecular weight excluding hydrogens is 272 g/mol. The van der Waals surface area contributed by atoms with Gasteiger partial charge in [-0.05, 0) is 36.3 Å². The molecule has 1 N–H and O–H groups in total. The van der Waals surface area contributed by atoms with Crippen LogP contribution in [0.25, 0.3) is 0 Å². The first-order valence-corrected chi connectivity index (χ1v) is 7.55. The third-order valence-electron chi connectivity index (χ3n) is 4.39. The number of carbonyl (C=O) groups excluding carboxylic acids is 1. The largest absolute Gasteiger partial charge is 0.349 e.